The highest BCUT2D eigenvalue weighted by Crippen LogP contribution is 2.24. The third-order valence-electron chi connectivity index (χ3n) is 3.35. The van der Waals surface area contributed by atoms with Crippen LogP contribution in [0.1, 0.15) is 34.3 Å². The van der Waals surface area contributed by atoms with Gasteiger partial charge in [0.05, 0.1) is 18.8 Å². The lowest BCUT2D eigenvalue weighted by atomic mass is 10.1. The number of carboxylic acids is 1. The van der Waals surface area contributed by atoms with E-state index in [1.165, 1.54) is 12.4 Å². The first-order valence-electron chi connectivity index (χ1n) is 6.68. The molecule has 2 aromatic heterocycles. The van der Waals surface area contributed by atoms with Crippen molar-refractivity contribution >= 4 is 11.8 Å². The molecular formula is C14H15N3O4. The Hall–Kier alpha value is -2.41. The molecule has 0 radical (unpaired) electrons. The summed E-state index contributed by atoms with van der Waals surface area (Å²) in [4.78, 5) is 19.2. The Kier molecular flexibility index (Phi) is 3.83. The SMILES string of the molecule is O=C(O)c1ccc(CNc2cc(C3CCOC3)ncn2)o1. The van der Waals surface area contributed by atoms with Gasteiger partial charge in [-0.1, -0.05) is 0 Å². The van der Waals surface area contributed by atoms with E-state index < -0.39 is 5.97 Å². The van der Waals surface area contributed by atoms with E-state index in [9.17, 15) is 4.79 Å². The van der Waals surface area contributed by atoms with Crippen LogP contribution in [0.3, 0.4) is 0 Å². The number of hydrogen-bond acceptors (Lipinski definition) is 6. The highest BCUT2D eigenvalue weighted by atomic mass is 16.5. The topological polar surface area (TPSA) is 97.5 Å². The Morgan fingerprint density at radius 2 is 2.33 bits per heavy atom. The second-order valence-electron chi connectivity index (χ2n) is 4.81. The molecule has 7 heteroatoms. The second kappa shape index (κ2) is 5.92. The molecule has 2 aromatic rings. The molecule has 1 fully saturated rings. The van der Waals surface area contributed by atoms with Crippen LogP contribution in [0.4, 0.5) is 5.82 Å². The minimum Gasteiger partial charge on any atom is -0.475 e. The van der Waals surface area contributed by atoms with Gasteiger partial charge in [0.1, 0.15) is 17.9 Å². The van der Waals surface area contributed by atoms with Gasteiger partial charge in [-0.3, -0.25) is 0 Å². The number of aromatic carboxylic acids is 1. The first-order chi connectivity index (χ1) is 10.2. The Morgan fingerprint density at radius 3 is 3.05 bits per heavy atom. The van der Waals surface area contributed by atoms with Crippen molar-refractivity contribution in [1.82, 2.24) is 9.97 Å². The van der Waals surface area contributed by atoms with Gasteiger partial charge in [0.25, 0.3) is 0 Å². The number of anilines is 1. The lowest BCUT2D eigenvalue weighted by Gasteiger charge is -2.09. The maximum absolute atomic E-state index is 10.7. The molecule has 3 rings (SSSR count). The fourth-order valence-electron chi connectivity index (χ4n) is 2.23. The lowest BCUT2D eigenvalue weighted by molar-refractivity contribution is 0.0660. The van der Waals surface area contributed by atoms with Crippen LogP contribution in [0.5, 0.6) is 0 Å². The Morgan fingerprint density at radius 1 is 1.43 bits per heavy atom. The molecule has 21 heavy (non-hydrogen) atoms. The third kappa shape index (κ3) is 3.19. The van der Waals surface area contributed by atoms with Gasteiger partial charge < -0.3 is 19.6 Å². The van der Waals surface area contributed by atoms with Gasteiger partial charge in [-0.25, -0.2) is 14.8 Å². The molecule has 0 aromatic carbocycles. The second-order valence-corrected chi connectivity index (χ2v) is 4.81. The molecule has 0 aliphatic carbocycles. The maximum Gasteiger partial charge on any atom is 0.371 e. The number of aromatic nitrogens is 2. The third-order valence-corrected chi connectivity index (χ3v) is 3.35. The summed E-state index contributed by atoms with van der Waals surface area (Å²) in [6.45, 7) is 1.82. The number of carbonyl (C=O) groups is 1. The summed E-state index contributed by atoms with van der Waals surface area (Å²) in [7, 11) is 0. The quantitative estimate of drug-likeness (QED) is 0.867. The highest BCUT2D eigenvalue weighted by molar-refractivity contribution is 5.84. The van der Waals surface area contributed by atoms with Crippen molar-refractivity contribution < 1.29 is 19.1 Å². The molecule has 7 nitrogen and oxygen atoms in total. The lowest BCUT2D eigenvalue weighted by Crippen LogP contribution is -2.05. The van der Waals surface area contributed by atoms with E-state index in [0.717, 1.165) is 18.7 Å². The molecule has 0 saturated carbocycles. The molecule has 1 unspecified atom stereocenters. The van der Waals surface area contributed by atoms with Crippen LogP contribution >= 0.6 is 0 Å². The van der Waals surface area contributed by atoms with Crippen LogP contribution in [0, 0.1) is 0 Å². The van der Waals surface area contributed by atoms with Crippen LogP contribution in [-0.4, -0.2) is 34.3 Å². The summed E-state index contributed by atoms with van der Waals surface area (Å²) in [6, 6.07) is 4.95. The van der Waals surface area contributed by atoms with Crippen molar-refractivity contribution in [1.29, 1.82) is 0 Å². The van der Waals surface area contributed by atoms with E-state index in [-0.39, 0.29) is 5.76 Å². The monoisotopic (exact) mass is 289 g/mol. The zero-order chi connectivity index (χ0) is 14.7. The van der Waals surface area contributed by atoms with Crippen LogP contribution in [0.25, 0.3) is 0 Å². The Labute approximate surface area is 121 Å². The largest absolute Gasteiger partial charge is 0.475 e. The van der Waals surface area contributed by atoms with Gasteiger partial charge in [0.2, 0.25) is 5.76 Å². The molecule has 1 atom stereocenters. The summed E-state index contributed by atoms with van der Waals surface area (Å²) in [5, 5.41) is 11.9. The van der Waals surface area contributed by atoms with E-state index in [0.29, 0.717) is 30.6 Å². The molecule has 3 heterocycles. The summed E-state index contributed by atoms with van der Waals surface area (Å²) in [5.74, 6) is 0.387. The van der Waals surface area contributed by atoms with Gasteiger partial charge >= 0.3 is 5.97 Å². The predicted molar refractivity (Wildman–Crippen MR) is 73.2 cm³/mol. The van der Waals surface area contributed by atoms with Crippen molar-refractivity contribution in [2.24, 2.45) is 0 Å². The molecular weight excluding hydrogens is 274 g/mol. The van der Waals surface area contributed by atoms with Gasteiger partial charge in [-0.05, 0) is 18.6 Å². The number of ether oxygens (including phenoxy) is 1. The fraction of sp³-hybridized carbons (Fsp3) is 0.357. The van der Waals surface area contributed by atoms with Gasteiger partial charge in [0, 0.05) is 18.6 Å². The van der Waals surface area contributed by atoms with Crippen molar-refractivity contribution in [2.45, 2.75) is 18.9 Å². The van der Waals surface area contributed by atoms with Crippen LogP contribution < -0.4 is 5.32 Å². The van der Waals surface area contributed by atoms with Crippen LogP contribution in [-0.2, 0) is 11.3 Å². The number of hydrogen-bond donors (Lipinski definition) is 2. The van der Waals surface area contributed by atoms with Crippen LogP contribution in [0.15, 0.2) is 28.9 Å². The molecule has 1 saturated heterocycles. The molecule has 0 amide bonds. The number of nitrogens with zero attached hydrogens (tertiary/aromatic N) is 2. The first kappa shape index (κ1) is 13.6. The average molecular weight is 289 g/mol. The smallest absolute Gasteiger partial charge is 0.371 e. The normalized spacial score (nSPS) is 17.8. The summed E-state index contributed by atoms with van der Waals surface area (Å²) < 4.78 is 10.5. The molecule has 0 spiro atoms. The molecule has 2 N–H and O–H groups in total. The fourth-order valence-corrected chi connectivity index (χ4v) is 2.23. The number of carboxylic acid groups (broad SMARTS) is 1. The molecule has 110 valence electrons. The minimum atomic E-state index is -1.08. The first-order valence-corrected chi connectivity index (χ1v) is 6.68. The molecule has 1 aliphatic rings. The van der Waals surface area contributed by atoms with Crippen molar-refractivity contribution in [3.8, 4) is 0 Å². The van der Waals surface area contributed by atoms with Crippen molar-refractivity contribution in [3.63, 3.8) is 0 Å². The Balaban J connectivity index is 1.64. The van der Waals surface area contributed by atoms with E-state index in [1.807, 2.05) is 6.07 Å². The molecule has 0 bridgehead atoms. The van der Waals surface area contributed by atoms with Crippen molar-refractivity contribution in [3.05, 3.63) is 41.7 Å². The summed E-state index contributed by atoms with van der Waals surface area (Å²) >= 11 is 0. The highest BCUT2D eigenvalue weighted by Gasteiger charge is 2.19. The van der Waals surface area contributed by atoms with Crippen molar-refractivity contribution in [2.75, 3.05) is 18.5 Å². The number of rotatable bonds is 5. The van der Waals surface area contributed by atoms with E-state index >= 15 is 0 Å². The Bertz CT molecular complexity index is 635. The van der Waals surface area contributed by atoms with E-state index in [4.69, 9.17) is 14.3 Å². The van der Waals surface area contributed by atoms with E-state index in [1.54, 1.807) is 6.07 Å². The minimum absolute atomic E-state index is 0.0710. The standard InChI is InChI=1S/C14H15N3O4/c18-14(19)12-2-1-10(21-12)6-15-13-5-11(16-8-17-13)9-3-4-20-7-9/h1-2,5,8-9H,3-4,6-7H2,(H,18,19)(H,15,16,17). The number of furan rings is 1. The number of nitrogens with one attached hydrogen (secondary N) is 1. The van der Waals surface area contributed by atoms with Gasteiger partial charge in [-0.2, -0.15) is 0 Å². The summed E-state index contributed by atoms with van der Waals surface area (Å²) in [5.41, 5.74) is 0.954. The van der Waals surface area contributed by atoms with E-state index in [2.05, 4.69) is 15.3 Å². The maximum atomic E-state index is 10.7. The summed E-state index contributed by atoms with van der Waals surface area (Å²) in [6.07, 6.45) is 2.48. The van der Waals surface area contributed by atoms with Gasteiger partial charge in [0.15, 0.2) is 0 Å². The predicted octanol–water partition coefficient (Wildman–Crippen LogP) is 1.88. The zero-order valence-electron chi connectivity index (χ0n) is 11.3. The van der Waals surface area contributed by atoms with Crippen LogP contribution in [0.2, 0.25) is 0 Å². The zero-order valence-corrected chi connectivity index (χ0v) is 11.3. The van der Waals surface area contributed by atoms with Gasteiger partial charge in [-0.15, -0.1) is 0 Å². The average Bonchev–Trinajstić information content (AvgIpc) is 3.17. The molecule has 1 aliphatic heterocycles.